The number of amides is 2. The van der Waals surface area contributed by atoms with Crippen LogP contribution in [0.1, 0.15) is 33.6 Å². The molecule has 0 aliphatic carbocycles. The van der Waals surface area contributed by atoms with Crippen molar-refractivity contribution in [2.45, 2.75) is 12.8 Å². The van der Waals surface area contributed by atoms with Crippen molar-refractivity contribution in [3.8, 4) is 0 Å². The van der Waals surface area contributed by atoms with E-state index in [1.807, 2.05) is 0 Å². The number of aliphatic hydroxyl groups excluding tert-OH is 1. The smallest absolute Gasteiger partial charge is 0.285 e. The summed E-state index contributed by atoms with van der Waals surface area (Å²) in [5.74, 6) is -0.843. The van der Waals surface area contributed by atoms with Crippen molar-refractivity contribution >= 4 is 11.8 Å². The fourth-order valence-electron chi connectivity index (χ4n) is 1.65. The van der Waals surface area contributed by atoms with Crippen LogP contribution >= 0.6 is 0 Å². The van der Waals surface area contributed by atoms with Gasteiger partial charge >= 0.3 is 0 Å². The van der Waals surface area contributed by atoms with Crippen LogP contribution in [0.2, 0.25) is 0 Å². The number of hydrogen-bond acceptors (Lipinski definition) is 4. The number of carbonyl (C=O) groups excluding carboxylic acids is 2. The highest BCUT2D eigenvalue weighted by Crippen LogP contribution is 2.22. The summed E-state index contributed by atoms with van der Waals surface area (Å²) in [5, 5.41) is 9.39. The summed E-state index contributed by atoms with van der Waals surface area (Å²) in [6.07, 6.45) is 1.19. The molecule has 0 spiro atoms. The van der Waals surface area contributed by atoms with Gasteiger partial charge in [-0.3, -0.25) is 14.4 Å². The number of hydrogen-bond donors (Lipinski definition) is 1. The lowest BCUT2D eigenvalue weighted by Crippen LogP contribution is -2.30. The molecule has 1 aromatic carbocycles. The average molecular weight is 235 g/mol. The number of unbranched alkanes of at least 4 members (excludes halogenated alkanes) is 1. The fraction of sp³-hybridized carbons (Fsp3) is 0.333. The highest BCUT2D eigenvalue weighted by molar-refractivity contribution is 6.20. The van der Waals surface area contributed by atoms with Gasteiger partial charge in [-0.05, 0) is 25.0 Å². The van der Waals surface area contributed by atoms with Crippen LogP contribution in [0.15, 0.2) is 24.3 Å². The molecule has 0 bridgehead atoms. The molecule has 0 radical (unpaired) electrons. The Morgan fingerprint density at radius 1 is 1.06 bits per heavy atom. The maximum Gasteiger partial charge on any atom is 0.285 e. The first-order valence-corrected chi connectivity index (χ1v) is 5.47. The standard InChI is InChI=1S/C12H13NO4/c14-7-3-4-8-17-13-11(15)9-5-1-2-6-10(9)12(13)16/h1-2,5-6,14H,3-4,7-8H2. The van der Waals surface area contributed by atoms with E-state index >= 15 is 0 Å². The molecule has 0 saturated heterocycles. The second-order valence-electron chi connectivity index (χ2n) is 3.71. The van der Waals surface area contributed by atoms with E-state index < -0.39 is 11.8 Å². The molecular formula is C12H13NO4. The van der Waals surface area contributed by atoms with Gasteiger partial charge in [0.2, 0.25) is 0 Å². The summed E-state index contributed by atoms with van der Waals surface area (Å²) in [6.45, 7) is 0.317. The maximum atomic E-state index is 11.8. The van der Waals surface area contributed by atoms with Crippen molar-refractivity contribution in [3.05, 3.63) is 35.4 Å². The molecule has 1 heterocycles. The Morgan fingerprint density at radius 3 is 2.18 bits per heavy atom. The molecule has 0 unspecified atom stereocenters. The van der Waals surface area contributed by atoms with Gasteiger partial charge in [0.1, 0.15) is 0 Å². The zero-order valence-corrected chi connectivity index (χ0v) is 9.26. The van der Waals surface area contributed by atoms with Gasteiger partial charge in [-0.1, -0.05) is 12.1 Å². The lowest BCUT2D eigenvalue weighted by atomic mass is 10.1. The monoisotopic (exact) mass is 235 g/mol. The summed E-state index contributed by atoms with van der Waals surface area (Å²) < 4.78 is 0. The van der Waals surface area contributed by atoms with Gasteiger partial charge in [-0.15, -0.1) is 5.06 Å². The molecule has 2 rings (SSSR count). The van der Waals surface area contributed by atoms with Crippen molar-refractivity contribution in [1.82, 2.24) is 5.06 Å². The van der Waals surface area contributed by atoms with E-state index in [1.54, 1.807) is 24.3 Å². The van der Waals surface area contributed by atoms with Crippen LogP contribution < -0.4 is 0 Å². The number of nitrogens with zero attached hydrogens (tertiary/aromatic N) is 1. The van der Waals surface area contributed by atoms with Crippen molar-refractivity contribution in [2.24, 2.45) is 0 Å². The lowest BCUT2D eigenvalue weighted by Gasteiger charge is -2.12. The van der Waals surface area contributed by atoms with Gasteiger partial charge in [-0.25, -0.2) is 0 Å². The average Bonchev–Trinajstić information content (AvgIpc) is 2.60. The van der Waals surface area contributed by atoms with Crippen LogP contribution in [0.25, 0.3) is 0 Å². The van der Waals surface area contributed by atoms with Crippen LogP contribution in [0.3, 0.4) is 0 Å². The first-order chi connectivity index (χ1) is 8.25. The summed E-state index contributed by atoms with van der Waals surface area (Å²) in [5.41, 5.74) is 0.749. The summed E-state index contributed by atoms with van der Waals surface area (Å²) in [6, 6.07) is 6.62. The van der Waals surface area contributed by atoms with E-state index in [0.29, 0.717) is 24.0 Å². The second-order valence-corrected chi connectivity index (χ2v) is 3.71. The van der Waals surface area contributed by atoms with Gasteiger partial charge in [0.05, 0.1) is 17.7 Å². The quantitative estimate of drug-likeness (QED) is 0.610. The molecule has 0 atom stereocenters. The van der Waals surface area contributed by atoms with E-state index in [2.05, 4.69) is 0 Å². The first-order valence-electron chi connectivity index (χ1n) is 5.47. The number of carbonyl (C=O) groups is 2. The molecule has 0 saturated carbocycles. The highest BCUT2D eigenvalue weighted by Gasteiger charge is 2.36. The van der Waals surface area contributed by atoms with Crippen LogP contribution in [-0.4, -0.2) is 35.2 Å². The largest absolute Gasteiger partial charge is 0.396 e. The van der Waals surface area contributed by atoms with Crippen LogP contribution in [0.5, 0.6) is 0 Å². The number of benzene rings is 1. The Morgan fingerprint density at radius 2 is 1.65 bits per heavy atom. The molecule has 1 aliphatic rings. The van der Waals surface area contributed by atoms with Crippen LogP contribution in [0, 0.1) is 0 Å². The fourth-order valence-corrected chi connectivity index (χ4v) is 1.65. The molecule has 1 aromatic rings. The first kappa shape index (κ1) is 11.8. The molecule has 90 valence electrons. The van der Waals surface area contributed by atoms with Gasteiger partial charge in [0.25, 0.3) is 11.8 Å². The number of rotatable bonds is 5. The Balaban J connectivity index is 2.03. The number of imide groups is 1. The minimum Gasteiger partial charge on any atom is -0.396 e. The molecule has 2 amide bonds. The zero-order valence-electron chi connectivity index (χ0n) is 9.26. The lowest BCUT2D eigenvalue weighted by molar-refractivity contribution is -0.0926. The second kappa shape index (κ2) is 5.07. The van der Waals surface area contributed by atoms with Crippen LogP contribution in [0.4, 0.5) is 0 Å². The van der Waals surface area contributed by atoms with Gasteiger partial charge in [0, 0.05) is 6.61 Å². The molecule has 1 aliphatic heterocycles. The van der Waals surface area contributed by atoms with E-state index in [-0.39, 0.29) is 13.2 Å². The molecule has 17 heavy (non-hydrogen) atoms. The Kier molecular flexibility index (Phi) is 3.51. The topological polar surface area (TPSA) is 66.8 Å². The Bertz CT molecular complexity index is 409. The third-order valence-corrected chi connectivity index (χ3v) is 2.53. The van der Waals surface area contributed by atoms with Gasteiger partial charge in [-0.2, -0.15) is 0 Å². The number of fused-ring (bicyclic) bond motifs is 1. The Hall–Kier alpha value is -1.72. The summed E-state index contributed by atoms with van der Waals surface area (Å²) in [4.78, 5) is 28.7. The minimum atomic E-state index is -0.422. The van der Waals surface area contributed by atoms with E-state index in [4.69, 9.17) is 9.94 Å². The zero-order chi connectivity index (χ0) is 12.3. The van der Waals surface area contributed by atoms with Gasteiger partial charge in [0.15, 0.2) is 0 Å². The molecule has 0 aromatic heterocycles. The van der Waals surface area contributed by atoms with E-state index in [9.17, 15) is 9.59 Å². The van der Waals surface area contributed by atoms with Crippen molar-refractivity contribution in [1.29, 1.82) is 0 Å². The molecular weight excluding hydrogens is 222 g/mol. The molecule has 5 nitrogen and oxygen atoms in total. The maximum absolute atomic E-state index is 11.8. The molecule has 1 N–H and O–H groups in total. The normalized spacial score (nSPS) is 14.3. The molecule has 5 heteroatoms. The Labute approximate surface area is 98.6 Å². The van der Waals surface area contributed by atoms with E-state index in [0.717, 1.165) is 5.06 Å². The summed E-state index contributed by atoms with van der Waals surface area (Å²) >= 11 is 0. The van der Waals surface area contributed by atoms with Crippen molar-refractivity contribution in [3.63, 3.8) is 0 Å². The van der Waals surface area contributed by atoms with Crippen LogP contribution in [-0.2, 0) is 4.84 Å². The van der Waals surface area contributed by atoms with Crippen molar-refractivity contribution < 1.29 is 19.5 Å². The molecule has 0 fully saturated rings. The third-order valence-electron chi connectivity index (χ3n) is 2.53. The number of hydroxylamine groups is 2. The SMILES string of the molecule is O=C1c2ccccc2C(=O)N1OCCCCO. The van der Waals surface area contributed by atoms with E-state index in [1.165, 1.54) is 0 Å². The summed E-state index contributed by atoms with van der Waals surface area (Å²) in [7, 11) is 0. The predicted octanol–water partition coefficient (Wildman–Crippen LogP) is 0.987. The van der Waals surface area contributed by atoms with Crippen molar-refractivity contribution in [2.75, 3.05) is 13.2 Å². The number of aliphatic hydroxyl groups is 1. The minimum absolute atomic E-state index is 0.0749. The third kappa shape index (κ3) is 2.20. The highest BCUT2D eigenvalue weighted by atomic mass is 16.7. The van der Waals surface area contributed by atoms with Gasteiger partial charge < -0.3 is 5.11 Å². The predicted molar refractivity (Wildman–Crippen MR) is 59.2 cm³/mol.